The highest BCUT2D eigenvalue weighted by atomic mass is 32.1. The number of carbonyl (C=O) groups excluding carboxylic acids is 2. The molecule has 0 spiro atoms. The van der Waals surface area contributed by atoms with Gasteiger partial charge in [-0.15, -0.1) is 11.3 Å². The van der Waals surface area contributed by atoms with Crippen LogP contribution in [0.2, 0.25) is 0 Å². The number of thiophene rings is 1. The Kier molecular flexibility index (Phi) is 5.10. The molecule has 0 aromatic carbocycles. The van der Waals surface area contributed by atoms with E-state index in [1.807, 2.05) is 17.5 Å². The Labute approximate surface area is 135 Å². The number of amides is 2. The zero-order chi connectivity index (χ0) is 15.4. The van der Waals surface area contributed by atoms with E-state index in [1.54, 1.807) is 4.90 Å². The monoisotopic (exact) mass is 321 g/mol. The van der Waals surface area contributed by atoms with E-state index in [2.05, 4.69) is 10.6 Å². The van der Waals surface area contributed by atoms with Crippen LogP contribution >= 0.6 is 11.3 Å². The van der Waals surface area contributed by atoms with Crippen molar-refractivity contribution in [2.24, 2.45) is 5.92 Å². The van der Waals surface area contributed by atoms with Crippen LogP contribution < -0.4 is 10.6 Å². The van der Waals surface area contributed by atoms with Crippen LogP contribution in [0.4, 0.5) is 0 Å². The maximum Gasteiger partial charge on any atom is 0.264 e. The molecule has 2 saturated heterocycles. The normalized spacial score (nSPS) is 24.6. The average Bonchev–Trinajstić information content (AvgIpc) is 3.26. The van der Waals surface area contributed by atoms with Crippen molar-refractivity contribution in [3.63, 3.8) is 0 Å². The Morgan fingerprint density at radius 1 is 1.41 bits per heavy atom. The molecule has 6 heteroatoms. The van der Waals surface area contributed by atoms with E-state index < -0.39 is 0 Å². The van der Waals surface area contributed by atoms with E-state index in [1.165, 1.54) is 17.8 Å². The van der Waals surface area contributed by atoms with Gasteiger partial charge in [-0.2, -0.15) is 0 Å². The van der Waals surface area contributed by atoms with Crippen LogP contribution in [0.25, 0.3) is 0 Å². The van der Waals surface area contributed by atoms with Crippen LogP contribution in [-0.4, -0.2) is 48.9 Å². The summed E-state index contributed by atoms with van der Waals surface area (Å²) in [6.45, 7) is 3.54. The van der Waals surface area contributed by atoms with Crippen molar-refractivity contribution in [2.75, 3.05) is 26.2 Å². The summed E-state index contributed by atoms with van der Waals surface area (Å²) >= 11 is 1.44. The van der Waals surface area contributed by atoms with Crippen molar-refractivity contribution < 1.29 is 9.59 Å². The molecule has 2 amide bonds. The fourth-order valence-electron chi connectivity index (χ4n) is 3.30. The van der Waals surface area contributed by atoms with E-state index >= 15 is 0 Å². The smallest absolute Gasteiger partial charge is 0.264 e. The fraction of sp³-hybridized carbons (Fsp3) is 0.625. The zero-order valence-electron chi connectivity index (χ0n) is 12.7. The van der Waals surface area contributed by atoms with Crippen LogP contribution in [0.3, 0.4) is 0 Å². The van der Waals surface area contributed by atoms with Crippen molar-refractivity contribution >= 4 is 23.2 Å². The Balaban J connectivity index is 1.51. The Bertz CT molecular complexity index is 511. The van der Waals surface area contributed by atoms with Crippen LogP contribution in [0.15, 0.2) is 17.5 Å². The summed E-state index contributed by atoms with van der Waals surface area (Å²) in [6, 6.07) is 3.41. The van der Waals surface area contributed by atoms with E-state index in [9.17, 15) is 9.59 Å². The minimum Gasteiger partial charge on any atom is -0.354 e. The third-order valence-corrected chi connectivity index (χ3v) is 5.42. The summed E-state index contributed by atoms with van der Waals surface area (Å²) in [5, 5.41) is 8.26. The van der Waals surface area contributed by atoms with Gasteiger partial charge >= 0.3 is 0 Å². The first-order chi connectivity index (χ1) is 10.8. The van der Waals surface area contributed by atoms with Gasteiger partial charge in [0.15, 0.2) is 0 Å². The lowest BCUT2D eigenvalue weighted by molar-refractivity contribution is -0.124. The number of hydrogen-bond donors (Lipinski definition) is 2. The maximum atomic E-state index is 12.5. The highest BCUT2D eigenvalue weighted by Crippen LogP contribution is 2.22. The molecule has 0 radical (unpaired) electrons. The molecule has 22 heavy (non-hydrogen) atoms. The molecule has 3 heterocycles. The highest BCUT2D eigenvalue weighted by molar-refractivity contribution is 7.12. The molecular weight excluding hydrogens is 298 g/mol. The largest absolute Gasteiger partial charge is 0.354 e. The molecule has 2 aliphatic heterocycles. The molecule has 1 aromatic heterocycles. The number of nitrogens with zero attached hydrogens (tertiary/aromatic N) is 1. The van der Waals surface area contributed by atoms with Gasteiger partial charge in [0.05, 0.1) is 4.88 Å². The molecule has 0 bridgehead atoms. The summed E-state index contributed by atoms with van der Waals surface area (Å²) in [4.78, 5) is 27.3. The molecule has 2 unspecified atom stereocenters. The summed E-state index contributed by atoms with van der Waals surface area (Å²) in [7, 11) is 0. The van der Waals surface area contributed by atoms with E-state index in [0.717, 1.165) is 37.2 Å². The lowest BCUT2D eigenvalue weighted by Gasteiger charge is -2.23. The first-order valence-electron chi connectivity index (χ1n) is 8.08. The fourth-order valence-corrected chi connectivity index (χ4v) is 3.98. The highest BCUT2D eigenvalue weighted by Gasteiger charge is 2.34. The van der Waals surface area contributed by atoms with Crippen LogP contribution in [0.1, 0.15) is 35.4 Å². The van der Waals surface area contributed by atoms with Crippen molar-refractivity contribution in [3.05, 3.63) is 22.4 Å². The van der Waals surface area contributed by atoms with Gasteiger partial charge in [0, 0.05) is 13.1 Å². The van der Waals surface area contributed by atoms with Gasteiger partial charge in [0.1, 0.15) is 6.04 Å². The van der Waals surface area contributed by atoms with Gasteiger partial charge in [0.2, 0.25) is 5.91 Å². The predicted octanol–water partition coefficient (Wildman–Crippen LogP) is 1.47. The number of hydrogen-bond acceptors (Lipinski definition) is 4. The quantitative estimate of drug-likeness (QED) is 0.863. The molecule has 5 nitrogen and oxygen atoms in total. The van der Waals surface area contributed by atoms with Crippen molar-refractivity contribution in [1.29, 1.82) is 0 Å². The van der Waals surface area contributed by atoms with E-state index in [4.69, 9.17) is 0 Å². The number of rotatable bonds is 5. The first kappa shape index (κ1) is 15.5. The second-order valence-corrected chi connectivity index (χ2v) is 7.02. The predicted molar refractivity (Wildman–Crippen MR) is 87.0 cm³/mol. The molecule has 1 aromatic rings. The number of carbonyl (C=O) groups is 2. The summed E-state index contributed by atoms with van der Waals surface area (Å²) < 4.78 is 0. The molecule has 3 rings (SSSR count). The van der Waals surface area contributed by atoms with E-state index in [0.29, 0.717) is 19.0 Å². The number of likely N-dealkylation sites (tertiary alicyclic amines) is 1. The average molecular weight is 321 g/mol. The van der Waals surface area contributed by atoms with Gasteiger partial charge in [-0.3, -0.25) is 9.59 Å². The van der Waals surface area contributed by atoms with Gasteiger partial charge in [-0.1, -0.05) is 6.07 Å². The second-order valence-electron chi connectivity index (χ2n) is 6.07. The van der Waals surface area contributed by atoms with Gasteiger partial charge in [-0.05, 0) is 56.1 Å². The van der Waals surface area contributed by atoms with Gasteiger partial charge < -0.3 is 15.5 Å². The molecule has 2 aliphatic rings. The number of nitrogens with one attached hydrogen (secondary N) is 2. The molecular formula is C16H23N3O2S. The maximum absolute atomic E-state index is 12.5. The minimum absolute atomic E-state index is 0.00681. The molecule has 0 saturated carbocycles. The lowest BCUT2D eigenvalue weighted by atomic mass is 10.1. The first-order valence-corrected chi connectivity index (χ1v) is 8.96. The van der Waals surface area contributed by atoms with Crippen molar-refractivity contribution in [2.45, 2.75) is 31.7 Å². The Morgan fingerprint density at radius 2 is 2.32 bits per heavy atom. The van der Waals surface area contributed by atoms with Crippen molar-refractivity contribution in [1.82, 2.24) is 15.5 Å². The Hall–Kier alpha value is -1.40. The zero-order valence-corrected chi connectivity index (χ0v) is 13.5. The summed E-state index contributed by atoms with van der Waals surface area (Å²) in [5.74, 6) is 0.675. The molecule has 2 atom stereocenters. The topological polar surface area (TPSA) is 61.4 Å². The standard InChI is InChI=1S/C16H23N3O2S/c20-15(18-8-6-12-5-7-17-11-12)13-3-1-9-19(13)16(21)14-4-2-10-22-14/h2,4,10,12-13,17H,1,3,5-9,11H2,(H,18,20). The molecule has 2 fully saturated rings. The van der Waals surface area contributed by atoms with Crippen LogP contribution in [0.5, 0.6) is 0 Å². The third-order valence-electron chi connectivity index (χ3n) is 4.56. The minimum atomic E-state index is -0.295. The van der Waals surface area contributed by atoms with Crippen LogP contribution in [0, 0.1) is 5.92 Å². The molecule has 2 N–H and O–H groups in total. The van der Waals surface area contributed by atoms with Crippen molar-refractivity contribution in [3.8, 4) is 0 Å². The molecule has 0 aliphatic carbocycles. The van der Waals surface area contributed by atoms with Crippen LogP contribution in [-0.2, 0) is 4.79 Å². The van der Waals surface area contributed by atoms with Gasteiger partial charge in [0.25, 0.3) is 5.91 Å². The molecule has 120 valence electrons. The summed E-state index contributed by atoms with van der Waals surface area (Å²) in [6.07, 6.45) is 3.89. The van der Waals surface area contributed by atoms with Gasteiger partial charge in [-0.25, -0.2) is 0 Å². The summed E-state index contributed by atoms with van der Waals surface area (Å²) in [5.41, 5.74) is 0. The lowest BCUT2D eigenvalue weighted by Crippen LogP contribution is -2.46. The van der Waals surface area contributed by atoms with E-state index in [-0.39, 0.29) is 17.9 Å². The Morgan fingerprint density at radius 3 is 3.05 bits per heavy atom. The third kappa shape index (κ3) is 3.50. The second kappa shape index (κ2) is 7.24. The SMILES string of the molecule is O=C(NCCC1CCNC1)C1CCCN1C(=O)c1cccs1.